The lowest BCUT2D eigenvalue weighted by molar-refractivity contribution is 0.155. The van der Waals surface area contributed by atoms with Gasteiger partial charge in [0.05, 0.1) is 0 Å². The van der Waals surface area contributed by atoms with E-state index in [4.69, 9.17) is 0 Å². The van der Waals surface area contributed by atoms with Crippen LogP contribution in [0.15, 0.2) is 0 Å². The molecule has 0 aromatic carbocycles. The van der Waals surface area contributed by atoms with Crippen molar-refractivity contribution >= 4 is 0 Å². The molecule has 1 aliphatic heterocycles. The number of nitrogens with one attached hydrogen (secondary N) is 2. The summed E-state index contributed by atoms with van der Waals surface area (Å²) in [6.07, 6.45) is 5.64. The van der Waals surface area contributed by atoms with E-state index in [1.807, 2.05) is 0 Å². The van der Waals surface area contributed by atoms with Gasteiger partial charge in [-0.05, 0) is 37.1 Å². The zero-order valence-corrected chi connectivity index (χ0v) is 9.60. The SMILES string of the molecule is CC1CCNC1CNCC1(C)CCC1. The van der Waals surface area contributed by atoms with Crippen LogP contribution >= 0.6 is 0 Å². The molecule has 0 aromatic heterocycles. The number of hydrogen-bond acceptors (Lipinski definition) is 2. The Kier molecular flexibility index (Phi) is 3.13. The van der Waals surface area contributed by atoms with Crippen molar-refractivity contribution in [3.8, 4) is 0 Å². The third-order valence-corrected chi connectivity index (χ3v) is 4.17. The second kappa shape index (κ2) is 4.19. The van der Waals surface area contributed by atoms with Crippen LogP contribution in [0.25, 0.3) is 0 Å². The van der Waals surface area contributed by atoms with E-state index in [1.165, 1.54) is 38.8 Å². The van der Waals surface area contributed by atoms with Crippen molar-refractivity contribution in [3.05, 3.63) is 0 Å². The fourth-order valence-electron chi connectivity index (χ4n) is 2.66. The maximum atomic E-state index is 3.64. The molecule has 0 bridgehead atoms. The molecule has 2 unspecified atom stereocenters. The monoisotopic (exact) mass is 196 g/mol. The van der Waals surface area contributed by atoms with Gasteiger partial charge in [-0.15, -0.1) is 0 Å². The summed E-state index contributed by atoms with van der Waals surface area (Å²) < 4.78 is 0. The van der Waals surface area contributed by atoms with Crippen LogP contribution in [0.1, 0.15) is 39.5 Å². The first-order chi connectivity index (χ1) is 6.70. The molecule has 2 heteroatoms. The van der Waals surface area contributed by atoms with Gasteiger partial charge in [0.1, 0.15) is 0 Å². The Bertz CT molecular complexity index is 187. The number of hydrogen-bond donors (Lipinski definition) is 2. The highest BCUT2D eigenvalue weighted by atomic mass is 15.0. The molecule has 14 heavy (non-hydrogen) atoms. The van der Waals surface area contributed by atoms with Gasteiger partial charge in [0.2, 0.25) is 0 Å². The molecule has 82 valence electrons. The Labute approximate surface area is 87.8 Å². The lowest BCUT2D eigenvalue weighted by atomic mass is 9.70. The van der Waals surface area contributed by atoms with E-state index in [1.54, 1.807) is 0 Å². The Morgan fingerprint density at radius 3 is 2.71 bits per heavy atom. The molecule has 1 heterocycles. The summed E-state index contributed by atoms with van der Waals surface area (Å²) in [5.74, 6) is 0.858. The highest BCUT2D eigenvalue weighted by Crippen LogP contribution is 2.39. The minimum absolute atomic E-state index is 0.627. The predicted octanol–water partition coefficient (Wildman–Crippen LogP) is 1.76. The van der Waals surface area contributed by atoms with E-state index in [9.17, 15) is 0 Å². The molecule has 1 aliphatic carbocycles. The van der Waals surface area contributed by atoms with Gasteiger partial charge in [-0.25, -0.2) is 0 Å². The standard InChI is InChI=1S/C12H24N2/c1-10-4-7-14-11(10)8-13-9-12(2)5-3-6-12/h10-11,13-14H,3-9H2,1-2H3. The Morgan fingerprint density at radius 1 is 1.43 bits per heavy atom. The largest absolute Gasteiger partial charge is 0.315 e. The van der Waals surface area contributed by atoms with Crippen LogP contribution in [0.4, 0.5) is 0 Å². The molecule has 1 saturated carbocycles. The van der Waals surface area contributed by atoms with Crippen molar-refractivity contribution in [3.63, 3.8) is 0 Å². The normalized spacial score (nSPS) is 35.6. The lowest BCUT2D eigenvalue weighted by Gasteiger charge is -2.39. The summed E-state index contributed by atoms with van der Waals surface area (Å²) in [5, 5.41) is 7.20. The Balaban J connectivity index is 1.62. The van der Waals surface area contributed by atoms with Crippen molar-refractivity contribution in [2.24, 2.45) is 11.3 Å². The van der Waals surface area contributed by atoms with Gasteiger partial charge in [0.15, 0.2) is 0 Å². The molecule has 0 amide bonds. The average Bonchev–Trinajstić information content (AvgIpc) is 2.49. The highest BCUT2D eigenvalue weighted by molar-refractivity contribution is 4.87. The molecule has 2 fully saturated rings. The van der Waals surface area contributed by atoms with Gasteiger partial charge in [0.25, 0.3) is 0 Å². The van der Waals surface area contributed by atoms with E-state index < -0.39 is 0 Å². The summed E-state index contributed by atoms with van der Waals surface area (Å²) in [6.45, 7) is 8.37. The molecule has 2 nitrogen and oxygen atoms in total. The molecule has 2 aliphatic rings. The summed E-state index contributed by atoms with van der Waals surface area (Å²) >= 11 is 0. The van der Waals surface area contributed by atoms with E-state index in [0.717, 1.165) is 18.5 Å². The smallest absolute Gasteiger partial charge is 0.0218 e. The van der Waals surface area contributed by atoms with Crippen molar-refractivity contribution in [2.75, 3.05) is 19.6 Å². The van der Waals surface area contributed by atoms with Gasteiger partial charge < -0.3 is 10.6 Å². The van der Waals surface area contributed by atoms with Crippen LogP contribution in [-0.4, -0.2) is 25.7 Å². The van der Waals surface area contributed by atoms with Crippen LogP contribution in [0, 0.1) is 11.3 Å². The van der Waals surface area contributed by atoms with E-state index >= 15 is 0 Å². The van der Waals surface area contributed by atoms with Gasteiger partial charge in [-0.1, -0.05) is 20.3 Å². The van der Waals surface area contributed by atoms with Crippen molar-refractivity contribution in [1.29, 1.82) is 0 Å². The Hall–Kier alpha value is -0.0800. The van der Waals surface area contributed by atoms with E-state index in [-0.39, 0.29) is 0 Å². The maximum Gasteiger partial charge on any atom is 0.0218 e. The summed E-state index contributed by atoms with van der Waals surface area (Å²) in [4.78, 5) is 0. The third-order valence-electron chi connectivity index (χ3n) is 4.17. The molecule has 2 atom stereocenters. The first kappa shape index (κ1) is 10.4. The molecule has 0 spiro atoms. The lowest BCUT2D eigenvalue weighted by Crippen LogP contribution is -2.43. The zero-order valence-electron chi connectivity index (χ0n) is 9.60. The van der Waals surface area contributed by atoms with Crippen LogP contribution in [0.5, 0.6) is 0 Å². The van der Waals surface area contributed by atoms with Crippen LogP contribution < -0.4 is 10.6 Å². The zero-order chi connectivity index (χ0) is 10.0. The van der Waals surface area contributed by atoms with Gasteiger partial charge in [0, 0.05) is 19.1 Å². The summed E-state index contributed by atoms with van der Waals surface area (Å²) in [6, 6.07) is 0.721. The summed E-state index contributed by atoms with van der Waals surface area (Å²) in [5.41, 5.74) is 0.627. The fraction of sp³-hybridized carbons (Fsp3) is 1.00. The van der Waals surface area contributed by atoms with Crippen LogP contribution in [0.3, 0.4) is 0 Å². The second-order valence-electron chi connectivity index (χ2n) is 5.62. The fourth-order valence-corrected chi connectivity index (χ4v) is 2.66. The molecule has 1 saturated heterocycles. The summed E-state index contributed by atoms with van der Waals surface area (Å²) in [7, 11) is 0. The van der Waals surface area contributed by atoms with E-state index in [2.05, 4.69) is 24.5 Å². The van der Waals surface area contributed by atoms with Crippen LogP contribution in [-0.2, 0) is 0 Å². The Morgan fingerprint density at radius 2 is 2.21 bits per heavy atom. The molecular weight excluding hydrogens is 172 g/mol. The molecule has 2 rings (SSSR count). The highest BCUT2D eigenvalue weighted by Gasteiger charge is 2.31. The molecule has 0 aromatic rings. The predicted molar refractivity (Wildman–Crippen MR) is 60.4 cm³/mol. The van der Waals surface area contributed by atoms with Crippen molar-refractivity contribution < 1.29 is 0 Å². The van der Waals surface area contributed by atoms with Gasteiger partial charge >= 0.3 is 0 Å². The average molecular weight is 196 g/mol. The minimum Gasteiger partial charge on any atom is -0.315 e. The van der Waals surface area contributed by atoms with Gasteiger partial charge in [-0.2, -0.15) is 0 Å². The number of rotatable bonds is 4. The van der Waals surface area contributed by atoms with Crippen molar-refractivity contribution in [2.45, 2.75) is 45.6 Å². The molecular formula is C12H24N2. The first-order valence-corrected chi connectivity index (χ1v) is 6.14. The molecule has 0 radical (unpaired) electrons. The van der Waals surface area contributed by atoms with Gasteiger partial charge in [-0.3, -0.25) is 0 Å². The van der Waals surface area contributed by atoms with E-state index in [0.29, 0.717) is 5.41 Å². The first-order valence-electron chi connectivity index (χ1n) is 6.14. The third kappa shape index (κ3) is 2.29. The molecule has 2 N–H and O–H groups in total. The maximum absolute atomic E-state index is 3.64. The second-order valence-corrected chi connectivity index (χ2v) is 5.62. The topological polar surface area (TPSA) is 24.1 Å². The minimum atomic E-state index is 0.627. The quantitative estimate of drug-likeness (QED) is 0.716. The van der Waals surface area contributed by atoms with Crippen molar-refractivity contribution in [1.82, 2.24) is 10.6 Å². The van der Waals surface area contributed by atoms with Crippen LogP contribution in [0.2, 0.25) is 0 Å².